The summed E-state index contributed by atoms with van der Waals surface area (Å²) in [7, 11) is 0. The number of carbonyl (C=O) groups excluding carboxylic acids is 1. The number of piperazine rings is 1. The van der Waals surface area contributed by atoms with Crippen LogP contribution in [0.15, 0.2) is 18.2 Å². The molecule has 1 aromatic carbocycles. The van der Waals surface area contributed by atoms with Gasteiger partial charge in [-0.3, -0.25) is 9.69 Å². The van der Waals surface area contributed by atoms with Crippen molar-refractivity contribution in [2.75, 3.05) is 45.9 Å². The Morgan fingerprint density at radius 2 is 2.04 bits per heavy atom. The van der Waals surface area contributed by atoms with E-state index in [4.69, 9.17) is 4.74 Å². The molecule has 2 aliphatic rings. The molecule has 5 heteroatoms. The number of amides is 1. The largest absolute Gasteiger partial charge is 0.493 e. The van der Waals surface area contributed by atoms with E-state index in [1.54, 1.807) is 0 Å². The third-order valence-electron chi connectivity index (χ3n) is 5.09. The van der Waals surface area contributed by atoms with Gasteiger partial charge in [0.05, 0.1) is 13.0 Å². The van der Waals surface area contributed by atoms with Crippen LogP contribution < -0.4 is 10.1 Å². The minimum absolute atomic E-state index is 0.220. The molecule has 0 spiro atoms. The molecule has 5 nitrogen and oxygen atoms in total. The van der Waals surface area contributed by atoms with Gasteiger partial charge in [0, 0.05) is 45.3 Å². The first-order chi connectivity index (χ1) is 11.6. The Labute approximate surface area is 145 Å². The predicted octanol–water partition coefficient (Wildman–Crippen LogP) is 1.58. The lowest BCUT2D eigenvalue weighted by atomic mass is 10.1. The normalized spacial score (nSPS) is 21.9. The van der Waals surface area contributed by atoms with Gasteiger partial charge in [-0.05, 0) is 31.9 Å². The number of hydrogen-bond donors (Lipinski definition) is 1. The lowest BCUT2D eigenvalue weighted by Crippen LogP contribution is -2.49. The van der Waals surface area contributed by atoms with Crippen LogP contribution in [0, 0.1) is 13.8 Å². The Kier molecular flexibility index (Phi) is 5.74. The summed E-state index contributed by atoms with van der Waals surface area (Å²) in [5, 5.41) is 3.38. The summed E-state index contributed by atoms with van der Waals surface area (Å²) in [4.78, 5) is 17.0. The molecule has 1 amide bonds. The molecule has 0 bridgehead atoms. The van der Waals surface area contributed by atoms with E-state index in [9.17, 15) is 4.79 Å². The summed E-state index contributed by atoms with van der Waals surface area (Å²) >= 11 is 0. The molecule has 3 rings (SSSR count). The van der Waals surface area contributed by atoms with Crippen LogP contribution in [0.3, 0.4) is 0 Å². The second kappa shape index (κ2) is 7.99. The van der Waals surface area contributed by atoms with E-state index in [0.29, 0.717) is 19.1 Å². The summed E-state index contributed by atoms with van der Waals surface area (Å²) in [6, 6.07) is 6.68. The molecular weight excluding hydrogens is 302 g/mol. The third kappa shape index (κ3) is 4.28. The molecule has 132 valence electrons. The van der Waals surface area contributed by atoms with E-state index < -0.39 is 0 Å². The molecule has 0 radical (unpaired) electrons. The summed E-state index contributed by atoms with van der Waals surface area (Å²) in [5.74, 6) is 1.10. The van der Waals surface area contributed by atoms with Gasteiger partial charge >= 0.3 is 0 Å². The molecule has 1 atom stereocenters. The zero-order chi connectivity index (χ0) is 16.9. The molecule has 2 heterocycles. The Morgan fingerprint density at radius 1 is 1.25 bits per heavy atom. The van der Waals surface area contributed by atoms with E-state index in [1.807, 2.05) is 24.0 Å². The third-order valence-corrected chi connectivity index (χ3v) is 5.09. The van der Waals surface area contributed by atoms with Gasteiger partial charge in [0.25, 0.3) is 0 Å². The maximum Gasteiger partial charge on any atom is 0.226 e. The van der Waals surface area contributed by atoms with Gasteiger partial charge in [0.15, 0.2) is 0 Å². The van der Waals surface area contributed by atoms with E-state index in [-0.39, 0.29) is 5.91 Å². The Balaban J connectivity index is 1.42. The van der Waals surface area contributed by atoms with Crippen molar-refractivity contribution in [2.24, 2.45) is 0 Å². The highest BCUT2D eigenvalue weighted by Crippen LogP contribution is 2.20. The number of rotatable bonds is 5. The highest BCUT2D eigenvalue weighted by molar-refractivity contribution is 5.76. The highest BCUT2D eigenvalue weighted by atomic mass is 16.5. The number of benzene rings is 1. The summed E-state index contributed by atoms with van der Waals surface area (Å²) in [6.45, 7) is 10.7. The average molecular weight is 331 g/mol. The number of carbonyl (C=O) groups is 1. The summed E-state index contributed by atoms with van der Waals surface area (Å²) in [6.07, 6.45) is 1.56. The van der Waals surface area contributed by atoms with Crippen molar-refractivity contribution in [1.82, 2.24) is 15.1 Å². The zero-order valence-electron chi connectivity index (χ0n) is 14.9. The van der Waals surface area contributed by atoms with Crippen molar-refractivity contribution >= 4 is 5.91 Å². The summed E-state index contributed by atoms with van der Waals surface area (Å²) < 4.78 is 5.80. The van der Waals surface area contributed by atoms with Crippen molar-refractivity contribution in [1.29, 1.82) is 0 Å². The number of aryl methyl sites for hydroxylation is 2. The standard InChI is InChI=1S/C19H29N3O2/c1-15-3-4-18(16(2)13-15)24-12-6-19(23)22-9-5-17(14-22)21-10-7-20-8-11-21/h3-4,13,17,20H,5-12,14H2,1-2H3. The van der Waals surface area contributed by atoms with Crippen molar-refractivity contribution in [3.8, 4) is 5.75 Å². The van der Waals surface area contributed by atoms with Crippen molar-refractivity contribution in [2.45, 2.75) is 32.7 Å². The van der Waals surface area contributed by atoms with Gasteiger partial charge in [0.1, 0.15) is 5.75 Å². The van der Waals surface area contributed by atoms with Gasteiger partial charge in [-0.25, -0.2) is 0 Å². The van der Waals surface area contributed by atoms with Gasteiger partial charge in [-0.2, -0.15) is 0 Å². The van der Waals surface area contributed by atoms with Gasteiger partial charge in [-0.1, -0.05) is 17.7 Å². The SMILES string of the molecule is Cc1ccc(OCCC(=O)N2CCC(N3CCNCC3)C2)c(C)c1. The first-order valence-corrected chi connectivity index (χ1v) is 9.06. The molecule has 0 saturated carbocycles. The average Bonchev–Trinajstić information content (AvgIpc) is 3.08. The molecule has 2 saturated heterocycles. The van der Waals surface area contributed by atoms with Crippen molar-refractivity contribution in [3.63, 3.8) is 0 Å². The number of nitrogens with one attached hydrogen (secondary N) is 1. The maximum absolute atomic E-state index is 12.4. The van der Waals surface area contributed by atoms with Crippen LogP contribution in [0.2, 0.25) is 0 Å². The second-order valence-electron chi connectivity index (χ2n) is 6.94. The van der Waals surface area contributed by atoms with Crippen LogP contribution in [0.1, 0.15) is 24.0 Å². The van der Waals surface area contributed by atoms with Gasteiger partial charge in [0.2, 0.25) is 5.91 Å². The van der Waals surface area contributed by atoms with Crippen LogP contribution in [0.25, 0.3) is 0 Å². The Morgan fingerprint density at radius 3 is 2.79 bits per heavy atom. The molecule has 2 fully saturated rings. The molecule has 0 aliphatic carbocycles. The number of hydrogen-bond acceptors (Lipinski definition) is 4. The van der Waals surface area contributed by atoms with Gasteiger partial charge in [-0.15, -0.1) is 0 Å². The van der Waals surface area contributed by atoms with E-state index in [0.717, 1.165) is 57.0 Å². The smallest absolute Gasteiger partial charge is 0.226 e. The van der Waals surface area contributed by atoms with Crippen molar-refractivity contribution in [3.05, 3.63) is 29.3 Å². The van der Waals surface area contributed by atoms with Crippen molar-refractivity contribution < 1.29 is 9.53 Å². The fourth-order valence-electron chi connectivity index (χ4n) is 3.68. The van der Waals surface area contributed by atoms with Gasteiger partial charge < -0.3 is 15.0 Å². The van der Waals surface area contributed by atoms with Crippen LogP contribution in [-0.4, -0.2) is 67.6 Å². The quantitative estimate of drug-likeness (QED) is 0.890. The van der Waals surface area contributed by atoms with E-state index >= 15 is 0 Å². The summed E-state index contributed by atoms with van der Waals surface area (Å²) in [5.41, 5.74) is 2.36. The van der Waals surface area contributed by atoms with E-state index in [2.05, 4.69) is 23.2 Å². The van der Waals surface area contributed by atoms with Crippen LogP contribution >= 0.6 is 0 Å². The highest BCUT2D eigenvalue weighted by Gasteiger charge is 2.30. The molecule has 1 aromatic rings. The minimum Gasteiger partial charge on any atom is -0.493 e. The fraction of sp³-hybridized carbons (Fsp3) is 0.632. The van der Waals surface area contributed by atoms with E-state index in [1.165, 1.54) is 5.56 Å². The lowest BCUT2D eigenvalue weighted by molar-refractivity contribution is -0.130. The zero-order valence-corrected chi connectivity index (χ0v) is 14.9. The Hall–Kier alpha value is -1.59. The molecule has 2 aliphatic heterocycles. The lowest BCUT2D eigenvalue weighted by Gasteiger charge is -2.32. The molecule has 1 unspecified atom stereocenters. The monoisotopic (exact) mass is 331 g/mol. The molecule has 24 heavy (non-hydrogen) atoms. The number of nitrogens with zero attached hydrogens (tertiary/aromatic N) is 2. The first kappa shape index (κ1) is 17.2. The Bertz CT molecular complexity index is 570. The number of ether oxygens (including phenoxy) is 1. The fourth-order valence-corrected chi connectivity index (χ4v) is 3.68. The topological polar surface area (TPSA) is 44.8 Å². The van der Waals surface area contributed by atoms with Crippen LogP contribution in [0.5, 0.6) is 5.75 Å². The number of likely N-dealkylation sites (tertiary alicyclic amines) is 1. The molecule has 0 aromatic heterocycles. The molecular formula is C19H29N3O2. The van der Waals surface area contributed by atoms with Crippen LogP contribution in [0.4, 0.5) is 0 Å². The predicted molar refractivity (Wildman–Crippen MR) is 95.5 cm³/mol. The second-order valence-corrected chi connectivity index (χ2v) is 6.94. The minimum atomic E-state index is 0.220. The molecule has 1 N–H and O–H groups in total. The van der Waals surface area contributed by atoms with Crippen LogP contribution in [-0.2, 0) is 4.79 Å². The first-order valence-electron chi connectivity index (χ1n) is 9.06. The maximum atomic E-state index is 12.4.